The number of sulfonamides is 1. The standard InChI is InChI=1S/C11H18N2O2S2/c1-12-7-10-6-11(8-16-10)17(14,15)13(2)9-4-3-5-9/h6,8-9,12H,3-5,7H2,1-2H3. The minimum Gasteiger partial charge on any atom is -0.315 e. The van der Waals surface area contributed by atoms with Crippen molar-refractivity contribution in [2.45, 2.75) is 36.7 Å². The monoisotopic (exact) mass is 274 g/mol. The molecule has 1 aliphatic carbocycles. The Morgan fingerprint density at radius 3 is 2.76 bits per heavy atom. The molecule has 96 valence electrons. The highest BCUT2D eigenvalue weighted by Gasteiger charge is 2.32. The molecule has 6 heteroatoms. The SMILES string of the molecule is CNCc1cc(S(=O)(=O)N(C)C2CCC2)cs1. The second kappa shape index (κ2) is 5.06. The van der Waals surface area contributed by atoms with E-state index < -0.39 is 10.0 Å². The van der Waals surface area contributed by atoms with Gasteiger partial charge in [0.05, 0.1) is 4.90 Å². The quantitative estimate of drug-likeness (QED) is 0.888. The highest BCUT2D eigenvalue weighted by Crippen LogP contribution is 2.30. The first kappa shape index (κ1) is 13.0. The molecule has 0 radical (unpaired) electrons. The van der Waals surface area contributed by atoms with Crippen LogP contribution in [0.4, 0.5) is 0 Å². The molecular formula is C11H18N2O2S2. The molecule has 1 heterocycles. The lowest BCUT2D eigenvalue weighted by molar-refractivity contribution is 0.250. The van der Waals surface area contributed by atoms with Crippen molar-refractivity contribution in [3.05, 3.63) is 16.3 Å². The Bertz CT molecular complexity index is 477. The van der Waals surface area contributed by atoms with Gasteiger partial charge in [-0.15, -0.1) is 11.3 Å². The van der Waals surface area contributed by atoms with E-state index in [1.165, 1.54) is 15.6 Å². The first-order valence-corrected chi connectivity index (χ1v) is 8.07. The summed E-state index contributed by atoms with van der Waals surface area (Å²) in [7, 11) is 0.264. The lowest BCUT2D eigenvalue weighted by Gasteiger charge is -2.33. The molecule has 0 unspecified atom stereocenters. The summed E-state index contributed by atoms with van der Waals surface area (Å²) >= 11 is 1.49. The largest absolute Gasteiger partial charge is 0.315 e. The van der Waals surface area contributed by atoms with Crippen LogP contribution < -0.4 is 5.32 Å². The summed E-state index contributed by atoms with van der Waals surface area (Å²) in [5.74, 6) is 0. The Morgan fingerprint density at radius 1 is 1.53 bits per heavy atom. The molecule has 0 bridgehead atoms. The van der Waals surface area contributed by atoms with Gasteiger partial charge in [0.25, 0.3) is 0 Å². The van der Waals surface area contributed by atoms with Gasteiger partial charge in [-0.1, -0.05) is 6.42 Å². The zero-order chi connectivity index (χ0) is 12.5. The normalized spacial score (nSPS) is 17.4. The lowest BCUT2D eigenvalue weighted by Crippen LogP contribution is -2.41. The fourth-order valence-corrected chi connectivity index (χ4v) is 4.57. The first-order chi connectivity index (χ1) is 8.05. The van der Waals surface area contributed by atoms with Crippen LogP contribution in [0.5, 0.6) is 0 Å². The van der Waals surface area contributed by atoms with Gasteiger partial charge in [0.1, 0.15) is 0 Å². The van der Waals surface area contributed by atoms with Crippen LogP contribution in [-0.2, 0) is 16.6 Å². The van der Waals surface area contributed by atoms with Gasteiger partial charge in [0, 0.05) is 29.9 Å². The third-order valence-electron chi connectivity index (χ3n) is 3.25. The summed E-state index contributed by atoms with van der Waals surface area (Å²) in [6.45, 7) is 0.716. The second-order valence-corrected chi connectivity index (χ2v) is 7.38. The maximum atomic E-state index is 12.3. The molecule has 0 aliphatic heterocycles. The van der Waals surface area contributed by atoms with Crippen LogP contribution in [0.3, 0.4) is 0 Å². The van der Waals surface area contributed by atoms with Crippen molar-refractivity contribution in [1.29, 1.82) is 0 Å². The fraction of sp³-hybridized carbons (Fsp3) is 0.636. The van der Waals surface area contributed by atoms with Gasteiger partial charge in [-0.05, 0) is 26.0 Å². The molecule has 1 N–H and O–H groups in total. The van der Waals surface area contributed by atoms with Gasteiger partial charge < -0.3 is 5.32 Å². The smallest absolute Gasteiger partial charge is 0.243 e. The molecule has 1 aromatic rings. The molecule has 1 fully saturated rings. The molecule has 4 nitrogen and oxygen atoms in total. The van der Waals surface area contributed by atoms with E-state index in [1.54, 1.807) is 18.5 Å². The molecular weight excluding hydrogens is 256 g/mol. The topological polar surface area (TPSA) is 49.4 Å². The molecule has 1 saturated carbocycles. The molecule has 0 amide bonds. The predicted molar refractivity (Wildman–Crippen MR) is 69.7 cm³/mol. The Morgan fingerprint density at radius 2 is 2.24 bits per heavy atom. The third-order valence-corrected chi connectivity index (χ3v) is 6.22. The molecule has 0 spiro atoms. The van der Waals surface area contributed by atoms with Crippen molar-refractivity contribution in [1.82, 2.24) is 9.62 Å². The van der Waals surface area contributed by atoms with Crippen molar-refractivity contribution in [2.24, 2.45) is 0 Å². The number of hydrogen-bond donors (Lipinski definition) is 1. The molecule has 1 aromatic heterocycles. The Balaban J connectivity index is 2.18. The van der Waals surface area contributed by atoms with Crippen LogP contribution in [0.2, 0.25) is 0 Å². The van der Waals surface area contributed by atoms with Crippen molar-refractivity contribution in [2.75, 3.05) is 14.1 Å². The zero-order valence-corrected chi connectivity index (χ0v) is 11.8. The van der Waals surface area contributed by atoms with Gasteiger partial charge in [-0.2, -0.15) is 4.31 Å². The summed E-state index contributed by atoms with van der Waals surface area (Å²) < 4.78 is 26.1. The van der Waals surface area contributed by atoms with Gasteiger partial charge in [0.15, 0.2) is 0 Å². The molecule has 0 atom stereocenters. The highest BCUT2D eigenvalue weighted by atomic mass is 32.2. The van der Waals surface area contributed by atoms with E-state index >= 15 is 0 Å². The molecule has 1 aliphatic rings. The summed E-state index contributed by atoms with van der Waals surface area (Å²) in [5.41, 5.74) is 0. The Hall–Kier alpha value is -0.430. The van der Waals surface area contributed by atoms with Crippen molar-refractivity contribution < 1.29 is 8.42 Å². The number of rotatable bonds is 5. The van der Waals surface area contributed by atoms with Gasteiger partial charge in [-0.25, -0.2) is 8.42 Å². The lowest BCUT2D eigenvalue weighted by atomic mass is 9.94. The van der Waals surface area contributed by atoms with E-state index in [-0.39, 0.29) is 6.04 Å². The Labute approximate surface area is 107 Å². The van der Waals surface area contributed by atoms with Crippen LogP contribution in [0.15, 0.2) is 16.3 Å². The summed E-state index contributed by atoms with van der Waals surface area (Å²) in [4.78, 5) is 1.48. The average molecular weight is 274 g/mol. The number of nitrogens with zero attached hydrogens (tertiary/aromatic N) is 1. The van der Waals surface area contributed by atoms with E-state index in [2.05, 4.69) is 5.32 Å². The van der Waals surface area contributed by atoms with E-state index in [4.69, 9.17) is 0 Å². The van der Waals surface area contributed by atoms with Crippen LogP contribution in [0.1, 0.15) is 24.1 Å². The summed E-state index contributed by atoms with van der Waals surface area (Å²) in [5, 5.41) is 4.76. The highest BCUT2D eigenvalue weighted by molar-refractivity contribution is 7.89. The number of hydrogen-bond acceptors (Lipinski definition) is 4. The van der Waals surface area contributed by atoms with Crippen molar-refractivity contribution in [3.63, 3.8) is 0 Å². The zero-order valence-electron chi connectivity index (χ0n) is 10.1. The van der Waals surface area contributed by atoms with E-state index in [1.807, 2.05) is 7.05 Å². The summed E-state index contributed by atoms with van der Waals surface area (Å²) in [6.07, 6.45) is 3.12. The van der Waals surface area contributed by atoms with Gasteiger partial charge >= 0.3 is 0 Å². The average Bonchev–Trinajstić information content (AvgIpc) is 2.64. The maximum absolute atomic E-state index is 12.3. The van der Waals surface area contributed by atoms with Crippen LogP contribution in [0, 0.1) is 0 Å². The van der Waals surface area contributed by atoms with Gasteiger partial charge in [0.2, 0.25) is 10.0 Å². The van der Waals surface area contributed by atoms with Crippen molar-refractivity contribution in [3.8, 4) is 0 Å². The van der Waals surface area contributed by atoms with Crippen LogP contribution >= 0.6 is 11.3 Å². The van der Waals surface area contributed by atoms with Crippen LogP contribution in [-0.4, -0.2) is 32.9 Å². The van der Waals surface area contributed by atoms with E-state index in [0.717, 1.165) is 24.1 Å². The molecule has 0 saturated heterocycles. The van der Waals surface area contributed by atoms with Crippen molar-refractivity contribution >= 4 is 21.4 Å². The summed E-state index contributed by atoms with van der Waals surface area (Å²) in [6, 6.07) is 1.97. The Kier molecular flexibility index (Phi) is 3.87. The first-order valence-electron chi connectivity index (χ1n) is 5.75. The van der Waals surface area contributed by atoms with E-state index in [9.17, 15) is 8.42 Å². The van der Waals surface area contributed by atoms with E-state index in [0.29, 0.717) is 11.4 Å². The molecule has 0 aromatic carbocycles. The fourth-order valence-electron chi connectivity index (χ4n) is 1.88. The second-order valence-electron chi connectivity index (χ2n) is 4.39. The minimum absolute atomic E-state index is 0.202. The minimum atomic E-state index is -3.28. The maximum Gasteiger partial charge on any atom is 0.243 e. The van der Waals surface area contributed by atoms with Gasteiger partial charge in [-0.3, -0.25) is 0 Å². The number of nitrogens with one attached hydrogen (secondary N) is 1. The predicted octanol–water partition coefficient (Wildman–Crippen LogP) is 1.64. The third kappa shape index (κ3) is 2.54. The van der Waals surface area contributed by atoms with Crippen LogP contribution in [0.25, 0.3) is 0 Å². The number of thiophene rings is 1. The molecule has 2 rings (SSSR count). The molecule has 17 heavy (non-hydrogen) atoms.